The second-order valence-corrected chi connectivity index (χ2v) is 7.10. The van der Waals surface area contributed by atoms with Crippen LogP contribution in [-0.4, -0.2) is 20.6 Å². The first-order chi connectivity index (χ1) is 14.1. The van der Waals surface area contributed by atoms with Crippen LogP contribution in [0.15, 0.2) is 83.5 Å². The molecule has 0 N–H and O–H groups in total. The van der Waals surface area contributed by atoms with Crippen LogP contribution >= 0.6 is 0 Å². The first kappa shape index (κ1) is 18.7. The Morgan fingerprint density at radius 3 is 2.45 bits per heavy atom. The molecule has 0 spiro atoms. The van der Waals surface area contributed by atoms with Crippen molar-refractivity contribution in [3.8, 4) is 11.1 Å². The maximum Gasteiger partial charge on any atom is 0.272 e. The molecular weight excluding hydrogens is 362 g/mol. The van der Waals surface area contributed by atoms with Gasteiger partial charge in [0, 0.05) is 13.6 Å². The van der Waals surface area contributed by atoms with E-state index in [1.807, 2.05) is 55.5 Å². The van der Waals surface area contributed by atoms with Gasteiger partial charge in [0.15, 0.2) is 0 Å². The van der Waals surface area contributed by atoms with Crippen molar-refractivity contribution >= 4 is 5.91 Å². The Hall–Kier alpha value is -3.60. The average Bonchev–Trinajstić information content (AvgIpc) is 3.37. The number of amides is 1. The molecule has 0 saturated heterocycles. The minimum absolute atomic E-state index is 0.0744. The normalized spacial score (nSPS) is 10.8. The van der Waals surface area contributed by atoms with Crippen LogP contribution in [0.2, 0.25) is 0 Å². The quantitative estimate of drug-likeness (QED) is 0.478. The summed E-state index contributed by atoms with van der Waals surface area (Å²) in [5, 5.41) is 4.32. The molecule has 2 heterocycles. The Bertz CT molecular complexity index is 1100. The van der Waals surface area contributed by atoms with Gasteiger partial charge in [-0.15, -0.1) is 0 Å². The second-order valence-electron chi connectivity index (χ2n) is 7.10. The van der Waals surface area contributed by atoms with Gasteiger partial charge in [-0.25, -0.2) is 0 Å². The zero-order chi connectivity index (χ0) is 20.2. The molecule has 0 fully saturated rings. The number of carbonyl (C=O) groups excluding carboxylic acids is 1. The predicted octanol–water partition coefficient (Wildman–Crippen LogP) is 4.83. The van der Waals surface area contributed by atoms with E-state index in [0.29, 0.717) is 18.8 Å². The maximum atomic E-state index is 13.3. The van der Waals surface area contributed by atoms with Gasteiger partial charge < -0.3 is 9.32 Å². The fraction of sp³-hybridized carbons (Fsp3) is 0.167. The molecule has 0 saturated carbocycles. The molecule has 1 amide bonds. The number of hydrogen-bond donors (Lipinski definition) is 0. The van der Waals surface area contributed by atoms with Crippen LogP contribution in [0.1, 0.15) is 27.5 Å². The van der Waals surface area contributed by atoms with E-state index in [1.54, 1.807) is 22.9 Å². The molecule has 0 bridgehead atoms. The Kier molecular flexibility index (Phi) is 5.29. The van der Waals surface area contributed by atoms with E-state index >= 15 is 0 Å². The number of carbonyl (C=O) groups is 1. The molecule has 0 atom stereocenters. The van der Waals surface area contributed by atoms with Crippen molar-refractivity contribution < 1.29 is 9.21 Å². The molecule has 0 aliphatic heterocycles. The van der Waals surface area contributed by atoms with Crippen LogP contribution in [0.5, 0.6) is 0 Å². The van der Waals surface area contributed by atoms with Crippen LogP contribution in [-0.2, 0) is 20.1 Å². The summed E-state index contributed by atoms with van der Waals surface area (Å²) in [5.74, 6) is 0.672. The van der Waals surface area contributed by atoms with Crippen molar-refractivity contribution in [1.82, 2.24) is 14.7 Å². The molecule has 0 radical (unpaired) electrons. The fourth-order valence-electron chi connectivity index (χ4n) is 3.46. The standard InChI is InChI=1S/C24H23N3O2/c1-18-14-23(26(2)25-18)24(28)27(17-22-12-7-13-29-22)16-19-8-6-11-21(15-19)20-9-4-3-5-10-20/h3-15H,16-17H2,1-2H3. The van der Waals surface area contributed by atoms with Gasteiger partial charge in [-0.05, 0) is 47.9 Å². The molecule has 2 aromatic carbocycles. The highest BCUT2D eigenvalue weighted by Gasteiger charge is 2.21. The second kappa shape index (κ2) is 8.19. The smallest absolute Gasteiger partial charge is 0.272 e. The lowest BCUT2D eigenvalue weighted by Gasteiger charge is -2.22. The third kappa shape index (κ3) is 4.29. The molecule has 2 aromatic heterocycles. The Balaban J connectivity index is 1.63. The monoisotopic (exact) mass is 385 g/mol. The molecule has 0 aliphatic rings. The first-order valence-corrected chi connectivity index (χ1v) is 9.57. The number of furan rings is 1. The third-order valence-electron chi connectivity index (χ3n) is 4.84. The van der Waals surface area contributed by atoms with Gasteiger partial charge in [-0.3, -0.25) is 9.48 Å². The van der Waals surface area contributed by atoms with Crippen molar-refractivity contribution in [1.29, 1.82) is 0 Å². The van der Waals surface area contributed by atoms with Crippen molar-refractivity contribution in [2.24, 2.45) is 7.05 Å². The summed E-state index contributed by atoms with van der Waals surface area (Å²) in [5.41, 5.74) is 4.73. The maximum absolute atomic E-state index is 13.3. The summed E-state index contributed by atoms with van der Waals surface area (Å²) < 4.78 is 7.13. The largest absolute Gasteiger partial charge is 0.467 e. The van der Waals surface area contributed by atoms with Crippen LogP contribution in [0.25, 0.3) is 11.1 Å². The van der Waals surface area contributed by atoms with E-state index in [4.69, 9.17) is 4.42 Å². The van der Waals surface area contributed by atoms with Crippen LogP contribution in [0.4, 0.5) is 0 Å². The zero-order valence-corrected chi connectivity index (χ0v) is 16.6. The lowest BCUT2D eigenvalue weighted by molar-refractivity contribution is 0.0706. The van der Waals surface area contributed by atoms with Gasteiger partial charge >= 0.3 is 0 Å². The van der Waals surface area contributed by atoms with Gasteiger partial charge in [-0.1, -0.05) is 48.5 Å². The van der Waals surface area contributed by atoms with Gasteiger partial charge in [0.1, 0.15) is 11.5 Å². The van der Waals surface area contributed by atoms with Gasteiger partial charge in [0.05, 0.1) is 18.5 Å². The van der Waals surface area contributed by atoms with Crippen molar-refractivity contribution in [3.63, 3.8) is 0 Å². The zero-order valence-electron chi connectivity index (χ0n) is 16.6. The van der Waals surface area contributed by atoms with E-state index in [2.05, 4.69) is 29.4 Å². The number of nitrogens with zero attached hydrogens (tertiary/aromatic N) is 3. The van der Waals surface area contributed by atoms with E-state index < -0.39 is 0 Å². The van der Waals surface area contributed by atoms with Crippen molar-refractivity contribution in [3.05, 3.63) is 102 Å². The Morgan fingerprint density at radius 1 is 0.966 bits per heavy atom. The molecule has 29 heavy (non-hydrogen) atoms. The SMILES string of the molecule is Cc1cc(C(=O)N(Cc2cccc(-c3ccccc3)c2)Cc2ccco2)n(C)n1. The highest BCUT2D eigenvalue weighted by molar-refractivity contribution is 5.92. The van der Waals surface area contributed by atoms with Crippen LogP contribution in [0, 0.1) is 6.92 Å². The van der Waals surface area contributed by atoms with Crippen molar-refractivity contribution in [2.45, 2.75) is 20.0 Å². The molecule has 146 valence electrons. The minimum Gasteiger partial charge on any atom is -0.467 e. The summed E-state index contributed by atoms with van der Waals surface area (Å²) in [6, 6.07) is 24.1. The van der Waals surface area contributed by atoms with Gasteiger partial charge in [-0.2, -0.15) is 5.10 Å². The minimum atomic E-state index is -0.0744. The first-order valence-electron chi connectivity index (χ1n) is 9.57. The van der Waals surface area contributed by atoms with Gasteiger partial charge in [0.2, 0.25) is 0 Å². The molecule has 4 aromatic rings. The van der Waals surface area contributed by atoms with E-state index in [9.17, 15) is 4.79 Å². The molecular formula is C24H23N3O2. The van der Waals surface area contributed by atoms with Crippen LogP contribution in [0.3, 0.4) is 0 Å². The Labute approximate surface area is 170 Å². The number of benzene rings is 2. The van der Waals surface area contributed by atoms with Gasteiger partial charge in [0.25, 0.3) is 5.91 Å². The summed E-state index contributed by atoms with van der Waals surface area (Å²) in [7, 11) is 1.79. The van der Waals surface area contributed by atoms with Crippen molar-refractivity contribution in [2.75, 3.05) is 0 Å². The lowest BCUT2D eigenvalue weighted by atomic mass is 10.0. The van der Waals surface area contributed by atoms with Crippen LogP contribution < -0.4 is 0 Å². The number of aromatic nitrogens is 2. The molecule has 4 rings (SSSR count). The Morgan fingerprint density at radius 2 is 1.76 bits per heavy atom. The summed E-state index contributed by atoms with van der Waals surface area (Å²) in [6.45, 7) is 2.76. The van der Waals surface area contributed by atoms with E-state index in [1.165, 1.54) is 0 Å². The summed E-state index contributed by atoms with van der Waals surface area (Å²) >= 11 is 0. The summed E-state index contributed by atoms with van der Waals surface area (Å²) in [6.07, 6.45) is 1.63. The summed E-state index contributed by atoms with van der Waals surface area (Å²) in [4.78, 5) is 15.1. The van der Waals surface area contributed by atoms with E-state index in [0.717, 1.165) is 28.1 Å². The molecule has 0 aliphatic carbocycles. The van der Waals surface area contributed by atoms with E-state index in [-0.39, 0.29) is 5.91 Å². The number of rotatable bonds is 6. The predicted molar refractivity (Wildman–Crippen MR) is 112 cm³/mol. The fourth-order valence-corrected chi connectivity index (χ4v) is 3.46. The number of aryl methyl sites for hydroxylation is 2. The molecule has 5 nitrogen and oxygen atoms in total. The topological polar surface area (TPSA) is 51.3 Å². The number of hydrogen-bond acceptors (Lipinski definition) is 3. The highest BCUT2D eigenvalue weighted by Crippen LogP contribution is 2.22. The third-order valence-corrected chi connectivity index (χ3v) is 4.84. The molecule has 0 unspecified atom stereocenters. The highest BCUT2D eigenvalue weighted by atomic mass is 16.3. The molecule has 5 heteroatoms. The average molecular weight is 385 g/mol. The lowest BCUT2D eigenvalue weighted by Crippen LogP contribution is -2.31.